The second kappa shape index (κ2) is 6.80. The van der Waals surface area contributed by atoms with Crippen LogP contribution in [0.3, 0.4) is 0 Å². The first-order chi connectivity index (χ1) is 8.95. The summed E-state index contributed by atoms with van der Waals surface area (Å²) in [6.45, 7) is 6.39. The van der Waals surface area contributed by atoms with Crippen LogP contribution in [0, 0.1) is 0 Å². The minimum Gasteiger partial charge on any atom is -0.480 e. The van der Waals surface area contributed by atoms with Gasteiger partial charge in [0.05, 0.1) is 0 Å². The first kappa shape index (κ1) is 17.8. The van der Waals surface area contributed by atoms with Gasteiger partial charge in [-0.25, -0.2) is 4.79 Å². The Kier molecular flexibility index (Phi) is 6.05. The maximum Gasteiger partial charge on any atom is 0.424 e. The van der Waals surface area contributed by atoms with Gasteiger partial charge in [-0.15, -0.1) is 0 Å². The van der Waals surface area contributed by atoms with E-state index in [4.69, 9.17) is 15.6 Å². The second-order valence-electron chi connectivity index (χ2n) is 4.95. The molecule has 8 nitrogen and oxygen atoms in total. The number of carbonyl (C=O) groups excluding carboxylic acids is 3. The van der Waals surface area contributed by atoms with Crippen molar-refractivity contribution in [2.24, 2.45) is 5.73 Å². The molecule has 3 amide bonds. The van der Waals surface area contributed by atoms with E-state index < -0.39 is 35.5 Å². The summed E-state index contributed by atoms with van der Waals surface area (Å²) < 4.78 is 4.87. The van der Waals surface area contributed by atoms with Crippen LogP contribution in [0.25, 0.3) is 0 Å². The molecule has 8 heteroatoms. The molecule has 20 heavy (non-hydrogen) atoms. The number of carboxylic acid groups (broad SMARTS) is 1. The van der Waals surface area contributed by atoms with E-state index in [2.05, 4.69) is 0 Å². The molecule has 112 valence electrons. The zero-order valence-corrected chi connectivity index (χ0v) is 11.7. The number of hydrogen-bond acceptors (Lipinski definition) is 6. The highest BCUT2D eigenvalue weighted by molar-refractivity contribution is 6.21. The smallest absolute Gasteiger partial charge is 0.424 e. The predicted molar refractivity (Wildman–Crippen MR) is 68.5 cm³/mol. The summed E-state index contributed by atoms with van der Waals surface area (Å²) in [4.78, 5) is 43.4. The molecule has 0 fully saturated rings. The van der Waals surface area contributed by atoms with Gasteiger partial charge in [0, 0.05) is 12.2 Å². The molecule has 1 atom stereocenters. The zero-order valence-electron chi connectivity index (χ0n) is 11.7. The van der Waals surface area contributed by atoms with Crippen LogP contribution in [0.15, 0.2) is 12.2 Å². The van der Waals surface area contributed by atoms with Crippen molar-refractivity contribution in [2.45, 2.75) is 39.3 Å². The van der Waals surface area contributed by atoms with Crippen LogP contribution in [-0.2, 0) is 19.1 Å². The fourth-order valence-corrected chi connectivity index (χ4v) is 0.888. The zero-order chi connectivity index (χ0) is 16.1. The Hall–Kier alpha value is -2.22. The summed E-state index contributed by atoms with van der Waals surface area (Å²) >= 11 is 0. The predicted octanol–water partition coefficient (Wildman–Crippen LogP) is 0.265. The van der Waals surface area contributed by atoms with E-state index in [0.717, 1.165) is 12.2 Å². The molecule has 1 heterocycles. The largest absolute Gasteiger partial charge is 0.480 e. The van der Waals surface area contributed by atoms with Gasteiger partial charge in [0.25, 0.3) is 11.8 Å². The molecule has 0 spiro atoms. The number of carboxylic acids is 1. The van der Waals surface area contributed by atoms with Crippen molar-refractivity contribution in [3.05, 3.63) is 12.2 Å². The summed E-state index contributed by atoms with van der Waals surface area (Å²) in [6.07, 6.45) is 1.14. The standard InChI is InChI=1S/C9H11NO4.C3H7NO2/c1-9(2,3)14-8(13)10-6(11)4-5-7(10)12;1-2(4)3(5)6/h4-5H,1-3H3;2H,4H2,1H3,(H,5,6)/t;2-/m.0/s1. The van der Waals surface area contributed by atoms with Gasteiger partial charge in [0.1, 0.15) is 11.6 Å². The van der Waals surface area contributed by atoms with Gasteiger partial charge in [-0.2, -0.15) is 4.90 Å². The van der Waals surface area contributed by atoms with Crippen LogP contribution in [0.2, 0.25) is 0 Å². The molecule has 0 bridgehead atoms. The average Bonchev–Trinajstić information content (AvgIpc) is 2.56. The lowest BCUT2D eigenvalue weighted by molar-refractivity contribution is -0.138. The molecular formula is C12H18N2O6. The highest BCUT2D eigenvalue weighted by atomic mass is 16.6. The van der Waals surface area contributed by atoms with Crippen molar-refractivity contribution in [1.82, 2.24) is 4.90 Å². The van der Waals surface area contributed by atoms with Gasteiger partial charge in [0.2, 0.25) is 0 Å². The Labute approximate surface area is 116 Å². The number of imide groups is 3. The first-order valence-electron chi connectivity index (χ1n) is 5.73. The fraction of sp³-hybridized carbons (Fsp3) is 0.500. The van der Waals surface area contributed by atoms with Gasteiger partial charge in [-0.3, -0.25) is 14.4 Å². The van der Waals surface area contributed by atoms with E-state index in [0.29, 0.717) is 4.90 Å². The second-order valence-corrected chi connectivity index (χ2v) is 4.95. The van der Waals surface area contributed by atoms with Gasteiger partial charge in [0.15, 0.2) is 0 Å². The van der Waals surface area contributed by atoms with Crippen molar-refractivity contribution in [3.63, 3.8) is 0 Å². The number of nitrogens with two attached hydrogens (primary N) is 1. The van der Waals surface area contributed by atoms with Gasteiger partial charge < -0.3 is 15.6 Å². The fourth-order valence-electron chi connectivity index (χ4n) is 0.888. The Balaban J connectivity index is 0.000000511. The third-order valence-electron chi connectivity index (χ3n) is 1.77. The van der Waals surface area contributed by atoms with Crippen molar-refractivity contribution in [1.29, 1.82) is 0 Å². The van der Waals surface area contributed by atoms with E-state index >= 15 is 0 Å². The average molecular weight is 286 g/mol. The monoisotopic (exact) mass is 286 g/mol. The molecular weight excluding hydrogens is 268 g/mol. The molecule has 0 unspecified atom stereocenters. The summed E-state index contributed by atoms with van der Waals surface area (Å²) in [5.74, 6) is -2.29. The molecule has 0 saturated carbocycles. The molecule has 3 N–H and O–H groups in total. The summed E-state index contributed by atoms with van der Waals surface area (Å²) in [5, 5.41) is 7.87. The van der Waals surface area contributed by atoms with E-state index in [1.54, 1.807) is 20.8 Å². The SMILES string of the molecule is CC(C)(C)OC(=O)N1C(=O)C=CC1=O.C[C@H](N)C(=O)O. The molecule has 0 aromatic rings. The molecule has 0 radical (unpaired) electrons. The minimum absolute atomic E-state index is 0.464. The minimum atomic E-state index is -0.963. The molecule has 0 aromatic heterocycles. The molecule has 1 aliphatic heterocycles. The lowest BCUT2D eigenvalue weighted by Crippen LogP contribution is -2.40. The number of hydrogen-bond donors (Lipinski definition) is 2. The van der Waals surface area contributed by atoms with Crippen LogP contribution in [0.5, 0.6) is 0 Å². The third kappa shape index (κ3) is 6.10. The van der Waals surface area contributed by atoms with Gasteiger partial charge in [-0.05, 0) is 27.7 Å². The van der Waals surface area contributed by atoms with Crippen LogP contribution in [0.4, 0.5) is 4.79 Å². The van der Waals surface area contributed by atoms with Crippen molar-refractivity contribution in [3.8, 4) is 0 Å². The lowest BCUT2D eigenvalue weighted by Gasteiger charge is -2.22. The summed E-state index contributed by atoms with van der Waals surface area (Å²) in [6, 6.07) is -0.731. The quantitative estimate of drug-likeness (QED) is 0.662. The van der Waals surface area contributed by atoms with Crippen LogP contribution >= 0.6 is 0 Å². The maximum absolute atomic E-state index is 11.3. The normalized spacial score (nSPS) is 15.6. The Bertz CT molecular complexity index is 429. The lowest BCUT2D eigenvalue weighted by atomic mass is 10.2. The Morgan fingerprint density at radius 3 is 1.85 bits per heavy atom. The van der Waals surface area contributed by atoms with E-state index in [1.807, 2.05) is 0 Å². The molecule has 0 saturated heterocycles. The van der Waals surface area contributed by atoms with E-state index in [9.17, 15) is 19.2 Å². The number of amides is 3. The Morgan fingerprint density at radius 1 is 1.25 bits per heavy atom. The molecule has 1 rings (SSSR count). The molecule has 1 aliphatic rings. The number of rotatable bonds is 1. The van der Waals surface area contributed by atoms with Crippen molar-refractivity contribution >= 4 is 23.9 Å². The van der Waals surface area contributed by atoms with Gasteiger partial charge in [-0.1, -0.05) is 0 Å². The number of ether oxygens (including phenoxy) is 1. The first-order valence-corrected chi connectivity index (χ1v) is 5.73. The maximum atomic E-state index is 11.3. The highest BCUT2D eigenvalue weighted by Gasteiger charge is 2.33. The molecule has 0 aliphatic carbocycles. The van der Waals surface area contributed by atoms with Crippen LogP contribution in [-0.4, -0.2) is 45.5 Å². The third-order valence-corrected chi connectivity index (χ3v) is 1.77. The highest BCUT2D eigenvalue weighted by Crippen LogP contribution is 2.12. The molecule has 0 aromatic carbocycles. The van der Waals surface area contributed by atoms with Crippen molar-refractivity contribution < 1.29 is 29.0 Å². The summed E-state index contributed by atoms with van der Waals surface area (Å²) in [5.41, 5.74) is 4.11. The number of nitrogens with zero attached hydrogens (tertiary/aromatic N) is 1. The van der Waals surface area contributed by atoms with Crippen molar-refractivity contribution in [2.75, 3.05) is 0 Å². The Morgan fingerprint density at radius 2 is 1.60 bits per heavy atom. The van der Waals surface area contributed by atoms with Crippen LogP contribution < -0.4 is 5.73 Å². The number of carbonyl (C=O) groups is 4. The van der Waals surface area contributed by atoms with Crippen LogP contribution in [0.1, 0.15) is 27.7 Å². The topological polar surface area (TPSA) is 127 Å². The summed E-state index contributed by atoms with van der Waals surface area (Å²) in [7, 11) is 0. The van der Waals surface area contributed by atoms with Gasteiger partial charge >= 0.3 is 12.1 Å². The van der Waals surface area contributed by atoms with E-state index in [-0.39, 0.29) is 0 Å². The van der Waals surface area contributed by atoms with E-state index in [1.165, 1.54) is 6.92 Å². The number of aliphatic carboxylic acids is 1.